The molecule has 0 amide bonds. The van der Waals surface area contributed by atoms with Gasteiger partial charge in [-0.05, 0) is 0 Å². The van der Waals surface area contributed by atoms with E-state index in [4.69, 9.17) is 5.11 Å². The third-order valence-electron chi connectivity index (χ3n) is 1.09. The zero-order valence-electron chi connectivity index (χ0n) is 5.65. The van der Waals surface area contributed by atoms with Crippen molar-refractivity contribution >= 4 is 0 Å². The van der Waals surface area contributed by atoms with E-state index >= 15 is 0 Å². The maximum absolute atomic E-state index is 10.6. The highest BCUT2D eigenvalue weighted by Gasteiger charge is 1.93. The normalized spacial score (nSPS) is 9.91. The lowest BCUT2D eigenvalue weighted by Crippen LogP contribution is -2.33. The lowest BCUT2D eigenvalue weighted by Gasteiger charge is -1.99. The number of aromatic nitrogens is 3. The third-order valence-corrected chi connectivity index (χ3v) is 1.09. The summed E-state index contributed by atoms with van der Waals surface area (Å²) >= 11 is 0. The summed E-state index contributed by atoms with van der Waals surface area (Å²) in [6.45, 7) is 0.114. The van der Waals surface area contributed by atoms with Gasteiger partial charge in [0.15, 0.2) is 0 Å². The number of hydrogen-bond acceptors (Lipinski definition) is 4. The van der Waals surface area contributed by atoms with Gasteiger partial charge in [-0.15, -0.1) is 0 Å². The first-order valence-electron chi connectivity index (χ1n) is 3.00. The molecule has 6 heteroatoms. The zero-order valence-corrected chi connectivity index (χ0v) is 5.65. The monoisotopic (exact) mass is 157 g/mol. The minimum atomic E-state index is -0.820. The molecule has 1 heterocycles. The number of aromatic amines is 1. The van der Waals surface area contributed by atoms with E-state index in [9.17, 15) is 9.59 Å². The van der Waals surface area contributed by atoms with Gasteiger partial charge in [-0.1, -0.05) is 0 Å². The number of aliphatic hydroxyl groups is 1. The second kappa shape index (κ2) is 3.11. The van der Waals surface area contributed by atoms with Crippen LogP contribution in [-0.4, -0.2) is 26.5 Å². The lowest BCUT2D eigenvalue weighted by atomic mass is 10.7. The topological polar surface area (TPSA) is 88.0 Å². The number of nitrogens with zero attached hydrogens (tertiary/aromatic N) is 2. The molecule has 6 nitrogen and oxygen atoms in total. The first-order chi connectivity index (χ1) is 5.24. The molecule has 0 spiro atoms. The molecule has 1 aromatic rings. The Morgan fingerprint density at radius 1 is 1.64 bits per heavy atom. The van der Waals surface area contributed by atoms with Crippen LogP contribution in [0.3, 0.4) is 0 Å². The quantitative estimate of drug-likeness (QED) is 0.482. The number of rotatable bonds is 2. The molecule has 11 heavy (non-hydrogen) atoms. The molecule has 1 aromatic heterocycles. The van der Waals surface area contributed by atoms with Crippen molar-refractivity contribution in [1.29, 1.82) is 0 Å². The Kier molecular flexibility index (Phi) is 2.17. The van der Waals surface area contributed by atoms with Gasteiger partial charge in [-0.2, -0.15) is 4.98 Å². The van der Waals surface area contributed by atoms with Crippen molar-refractivity contribution in [2.75, 3.05) is 6.61 Å². The fraction of sp³-hybridized carbons (Fsp3) is 0.400. The van der Waals surface area contributed by atoms with Crippen LogP contribution >= 0.6 is 0 Å². The van der Waals surface area contributed by atoms with Crippen LogP contribution in [0.4, 0.5) is 0 Å². The summed E-state index contributed by atoms with van der Waals surface area (Å²) in [6.07, 6.45) is 1.17. The highest BCUT2D eigenvalue weighted by Crippen LogP contribution is 1.70. The molecule has 0 aliphatic carbocycles. The number of hydrogen-bond donors (Lipinski definition) is 2. The molecule has 0 aliphatic heterocycles. The highest BCUT2D eigenvalue weighted by molar-refractivity contribution is 4.69. The second-order valence-electron chi connectivity index (χ2n) is 1.91. The smallest absolute Gasteiger partial charge is 0.338 e. The summed E-state index contributed by atoms with van der Waals surface area (Å²) in [5.74, 6) is 0. The van der Waals surface area contributed by atoms with E-state index in [-0.39, 0.29) is 13.2 Å². The molecule has 0 aliphatic rings. The van der Waals surface area contributed by atoms with E-state index in [1.54, 1.807) is 0 Å². The zero-order chi connectivity index (χ0) is 8.27. The summed E-state index contributed by atoms with van der Waals surface area (Å²) in [5.41, 5.74) is -1.60. The van der Waals surface area contributed by atoms with Gasteiger partial charge in [0.25, 0.3) is 0 Å². The van der Waals surface area contributed by atoms with E-state index in [2.05, 4.69) is 10.1 Å². The molecule has 0 bridgehead atoms. The maximum atomic E-state index is 10.6. The summed E-state index contributed by atoms with van der Waals surface area (Å²) in [7, 11) is 0. The van der Waals surface area contributed by atoms with Gasteiger partial charge in [-0.3, -0.25) is 19.4 Å². The number of aliphatic hydroxyl groups excluding tert-OH is 1. The van der Waals surface area contributed by atoms with Gasteiger partial charge in [0.05, 0.1) is 13.2 Å². The van der Waals surface area contributed by atoms with E-state index in [1.807, 2.05) is 0 Å². The molecule has 0 saturated heterocycles. The standard InChI is InChI=1S/C5H7N3O3/c9-2-1-8-3-6-4(10)5(11)7-8/h3,9H,1-2H2,(H,7,11). The van der Waals surface area contributed by atoms with Gasteiger partial charge in [-0.25, -0.2) is 0 Å². The Labute approximate surface area is 61.1 Å². The Balaban J connectivity index is 3.06. The maximum Gasteiger partial charge on any atom is 0.338 e. The molecule has 60 valence electrons. The Hall–Kier alpha value is -1.43. The van der Waals surface area contributed by atoms with Crippen molar-refractivity contribution in [3.63, 3.8) is 0 Å². The predicted octanol–water partition coefficient (Wildman–Crippen LogP) is -2.08. The van der Waals surface area contributed by atoms with Gasteiger partial charge >= 0.3 is 11.1 Å². The first-order valence-corrected chi connectivity index (χ1v) is 3.00. The van der Waals surface area contributed by atoms with Crippen LogP contribution < -0.4 is 11.1 Å². The Morgan fingerprint density at radius 2 is 2.36 bits per heavy atom. The molecule has 2 N–H and O–H groups in total. The summed E-state index contributed by atoms with van der Waals surface area (Å²) < 4.78 is 1.24. The van der Waals surface area contributed by atoms with E-state index < -0.39 is 11.1 Å². The van der Waals surface area contributed by atoms with Gasteiger partial charge in [0, 0.05) is 0 Å². The molecule has 0 atom stereocenters. The van der Waals surface area contributed by atoms with Crippen molar-refractivity contribution in [2.45, 2.75) is 6.54 Å². The Bertz CT molecular complexity index is 339. The number of H-pyrrole nitrogens is 1. The highest BCUT2D eigenvalue weighted by atomic mass is 16.3. The van der Waals surface area contributed by atoms with Crippen LogP contribution in [0.2, 0.25) is 0 Å². The van der Waals surface area contributed by atoms with Crippen LogP contribution in [0, 0.1) is 0 Å². The molecule has 1 rings (SSSR count). The minimum Gasteiger partial charge on any atom is -0.394 e. The van der Waals surface area contributed by atoms with Gasteiger partial charge < -0.3 is 5.11 Å². The first kappa shape index (κ1) is 7.67. The van der Waals surface area contributed by atoms with Crippen LogP contribution in [-0.2, 0) is 6.54 Å². The predicted molar refractivity (Wildman–Crippen MR) is 36.2 cm³/mol. The third kappa shape index (κ3) is 1.74. The van der Waals surface area contributed by atoms with Crippen molar-refractivity contribution in [3.8, 4) is 0 Å². The van der Waals surface area contributed by atoms with Crippen molar-refractivity contribution in [1.82, 2.24) is 14.8 Å². The minimum absolute atomic E-state index is 0.111. The van der Waals surface area contributed by atoms with Crippen molar-refractivity contribution < 1.29 is 5.11 Å². The largest absolute Gasteiger partial charge is 0.394 e. The van der Waals surface area contributed by atoms with Gasteiger partial charge in [0.1, 0.15) is 6.33 Å². The molecule has 0 aromatic carbocycles. The Morgan fingerprint density at radius 3 is 2.91 bits per heavy atom. The van der Waals surface area contributed by atoms with Crippen LogP contribution in [0.1, 0.15) is 0 Å². The van der Waals surface area contributed by atoms with Crippen LogP contribution in [0.25, 0.3) is 0 Å². The van der Waals surface area contributed by atoms with Crippen LogP contribution in [0.5, 0.6) is 0 Å². The van der Waals surface area contributed by atoms with Crippen molar-refractivity contribution in [2.24, 2.45) is 0 Å². The fourth-order valence-corrected chi connectivity index (χ4v) is 0.609. The second-order valence-corrected chi connectivity index (χ2v) is 1.91. The molecule has 0 radical (unpaired) electrons. The number of nitrogens with one attached hydrogen (secondary N) is 1. The summed E-state index contributed by atoms with van der Waals surface area (Å²) in [4.78, 5) is 24.3. The summed E-state index contributed by atoms with van der Waals surface area (Å²) in [6, 6.07) is 0. The molecule has 0 unspecified atom stereocenters. The lowest BCUT2D eigenvalue weighted by molar-refractivity contribution is 0.266. The van der Waals surface area contributed by atoms with Gasteiger partial charge in [0.2, 0.25) is 0 Å². The average Bonchev–Trinajstić information content (AvgIpc) is 1.98. The van der Waals surface area contributed by atoms with E-state index in [0.29, 0.717) is 0 Å². The van der Waals surface area contributed by atoms with E-state index in [0.717, 1.165) is 0 Å². The average molecular weight is 157 g/mol. The SMILES string of the molecule is O=c1ncn(CCO)[nH]c1=O. The summed E-state index contributed by atoms with van der Waals surface area (Å²) in [5, 5.41) is 10.6. The molecular weight excluding hydrogens is 150 g/mol. The molecular formula is C5H7N3O3. The van der Waals surface area contributed by atoms with Crippen molar-refractivity contribution in [3.05, 3.63) is 27.0 Å². The molecule has 0 fully saturated rings. The fourth-order valence-electron chi connectivity index (χ4n) is 0.609. The van der Waals surface area contributed by atoms with Crippen LogP contribution in [0.15, 0.2) is 15.9 Å². The van der Waals surface area contributed by atoms with E-state index in [1.165, 1.54) is 11.0 Å². The molecule has 0 saturated carbocycles.